The topological polar surface area (TPSA) is 9.23 Å². The number of alkyl halides is 2. The SMILES string of the molecule is Fc1cc(OC(F)(F)c2c(F)cc(-c3c(F)cc(C4CCCC4)cc3F)cc2F)cc(F)c1F. The summed E-state index contributed by atoms with van der Waals surface area (Å²) < 4.78 is 131. The first-order valence-corrected chi connectivity index (χ1v) is 10.2. The van der Waals surface area contributed by atoms with E-state index in [4.69, 9.17) is 0 Å². The highest BCUT2D eigenvalue weighted by Gasteiger charge is 2.42. The van der Waals surface area contributed by atoms with Crippen LogP contribution in [0.25, 0.3) is 11.1 Å². The molecule has 0 saturated heterocycles. The van der Waals surface area contributed by atoms with Gasteiger partial charge in [0.2, 0.25) is 0 Å². The van der Waals surface area contributed by atoms with Crippen molar-refractivity contribution in [1.82, 2.24) is 0 Å². The van der Waals surface area contributed by atoms with E-state index < -0.39 is 69.3 Å². The molecular formula is C24H15F9O. The highest BCUT2D eigenvalue weighted by Crippen LogP contribution is 2.40. The van der Waals surface area contributed by atoms with Crippen LogP contribution in [0.1, 0.15) is 42.7 Å². The van der Waals surface area contributed by atoms with Gasteiger partial charge >= 0.3 is 6.11 Å². The van der Waals surface area contributed by atoms with E-state index in [0.29, 0.717) is 5.56 Å². The van der Waals surface area contributed by atoms with Gasteiger partial charge in [0.25, 0.3) is 0 Å². The first-order valence-electron chi connectivity index (χ1n) is 10.2. The molecule has 180 valence electrons. The number of hydrogen-bond donors (Lipinski definition) is 0. The van der Waals surface area contributed by atoms with Gasteiger partial charge in [0, 0.05) is 12.1 Å². The minimum Gasteiger partial charge on any atom is -0.429 e. The molecule has 0 radical (unpaired) electrons. The predicted octanol–water partition coefficient (Wildman–Crippen LogP) is 8.11. The molecule has 0 atom stereocenters. The molecule has 3 aromatic rings. The Bertz CT molecular complexity index is 1180. The third-order valence-corrected chi connectivity index (χ3v) is 5.72. The van der Waals surface area contributed by atoms with Crippen LogP contribution in [0.5, 0.6) is 5.75 Å². The smallest absolute Gasteiger partial charge is 0.429 e. The van der Waals surface area contributed by atoms with E-state index in [1.165, 1.54) is 0 Å². The summed E-state index contributed by atoms with van der Waals surface area (Å²) in [6.45, 7) is 0. The van der Waals surface area contributed by atoms with Gasteiger partial charge in [0.15, 0.2) is 17.5 Å². The van der Waals surface area contributed by atoms with Crippen LogP contribution in [0, 0.1) is 40.7 Å². The monoisotopic (exact) mass is 490 g/mol. The van der Waals surface area contributed by atoms with Crippen LogP contribution >= 0.6 is 0 Å². The molecule has 0 unspecified atom stereocenters. The van der Waals surface area contributed by atoms with Crippen molar-refractivity contribution in [3.8, 4) is 16.9 Å². The van der Waals surface area contributed by atoms with Gasteiger partial charge in [-0.1, -0.05) is 12.8 Å². The van der Waals surface area contributed by atoms with Crippen LogP contribution < -0.4 is 4.74 Å². The molecule has 1 saturated carbocycles. The zero-order valence-corrected chi connectivity index (χ0v) is 17.2. The van der Waals surface area contributed by atoms with E-state index in [0.717, 1.165) is 37.8 Å². The summed E-state index contributed by atoms with van der Waals surface area (Å²) in [5, 5.41) is 0. The summed E-state index contributed by atoms with van der Waals surface area (Å²) in [7, 11) is 0. The predicted molar refractivity (Wildman–Crippen MR) is 104 cm³/mol. The quantitative estimate of drug-likeness (QED) is 0.259. The van der Waals surface area contributed by atoms with Crippen molar-refractivity contribution >= 4 is 0 Å². The largest absolute Gasteiger partial charge is 0.432 e. The maximum atomic E-state index is 14.7. The Morgan fingerprint density at radius 3 is 1.65 bits per heavy atom. The second-order valence-corrected chi connectivity index (χ2v) is 7.98. The lowest BCUT2D eigenvalue weighted by Crippen LogP contribution is -2.25. The summed E-state index contributed by atoms with van der Waals surface area (Å²) in [5.41, 5.74) is -3.06. The fourth-order valence-electron chi connectivity index (χ4n) is 4.15. The van der Waals surface area contributed by atoms with E-state index in [1.807, 2.05) is 0 Å². The number of ether oxygens (including phenoxy) is 1. The molecule has 0 N–H and O–H groups in total. The molecular weight excluding hydrogens is 475 g/mol. The second-order valence-electron chi connectivity index (χ2n) is 7.98. The van der Waals surface area contributed by atoms with Gasteiger partial charge in [-0.3, -0.25) is 0 Å². The average Bonchev–Trinajstić information content (AvgIpc) is 3.25. The summed E-state index contributed by atoms with van der Waals surface area (Å²) in [5.74, 6) is -13.1. The molecule has 1 fully saturated rings. The first-order chi connectivity index (χ1) is 16.0. The molecule has 10 heteroatoms. The molecule has 1 aliphatic rings. The van der Waals surface area contributed by atoms with Gasteiger partial charge < -0.3 is 4.74 Å². The molecule has 0 amide bonds. The Morgan fingerprint density at radius 2 is 1.15 bits per heavy atom. The first kappa shape index (κ1) is 24.0. The Hall–Kier alpha value is -3.17. The molecule has 0 heterocycles. The van der Waals surface area contributed by atoms with Crippen LogP contribution in [-0.4, -0.2) is 0 Å². The van der Waals surface area contributed by atoms with Crippen LogP contribution in [0.15, 0.2) is 36.4 Å². The van der Waals surface area contributed by atoms with E-state index in [9.17, 15) is 39.5 Å². The fourth-order valence-corrected chi connectivity index (χ4v) is 4.15. The van der Waals surface area contributed by atoms with Gasteiger partial charge in [0.1, 0.15) is 34.6 Å². The Kier molecular flexibility index (Phi) is 6.26. The summed E-state index contributed by atoms with van der Waals surface area (Å²) >= 11 is 0. The number of rotatable bonds is 5. The van der Waals surface area contributed by atoms with Crippen molar-refractivity contribution in [2.75, 3.05) is 0 Å². The zero-order chi connectivity index (χ0) is 24.8. The van der Waals surface area contributed by atoms with Gasteiger partial charge in [-0.05, 0) is 54.2 Å². The summed E-state index contributed by atoms with van der Waals surface area (Å²) in [6, 6.07) is 2.80. The van der Waals surface area contributed by atoms with Crippen molar-refractivity contribution in [3.05, 3.63) is 88.2 Å². The molecule has 1 nitrogen and oxygen atoms in total. The highest BCUT2D eigenvalue weighted by atomic mass is 19.3. The molecule has 0 aliphatic heterocycles. The van der Waals surface area contributed by atoms with Crippen molar-refractivity contribution in [1.29, 1.82) is 0 Å². The number of hydrogen-bond acceptors (Lipinski definition) is 1. The van der Waals surface area contributed by atoms with Crippen LogP contribution in [0.4, 0.5) is 39.5 Å². The zero-order valence-electron chi connectivity index (χ0n) is 17.2. The second kappa shape index (κ2) is 8.88. The molecule has 4 rings (SSSR count). The maximum Gasteiger partial charge on any atom is 0.432 e. The van der Waals surface area contributed by atoms with Gasteiger partial charge in [-0.25, -0.2) is 30.7 Å². The van der Waals surface area contributed by atoms with Crippen molar-refractivity contribution in [3.63, 3.8) is 0 Å². The molecule has 0 bridgehead atoms. The molecule has 1 aliphatic carbocycles. The normalized spacial score (nSPS) is 14.6. The van der Waals surface area contributed by atoms with Crippen LogP contribution in [-0.2, 0) is 6.11 Å². The number of halogens is 9. The Labute approximate surface area is 187 Å². The Balaban J connectivity index is 1.70. The lowest BCUT2D eigenvalue weighted by atomic mass is 9.93. The number of benzene rings is 3. The van der Waals surface area contributed by atoms with Crippen molar-refractivity contribution in [2.24, 2.45) is 0 Å². The van der Waals surface area contributed by atoms with Crippen LogP contribution in [0.2, 0.25) is 0 Å². The van der Waals surface area contributed by atoms with E-state index in [1.54, 1.807) is 0 Å². The fraction of sp³-hybridized carbons (Fsp3) is 0.250. The van der Waals surface area contributed by atoms with E-state index in [2.05, 4.69) is 4.74 Å². The average molecular weight is 490 g/mol. The molecule has 0 spiro atoms. The van der Waals surface area contributed by atoms with Crippen LogP contribution in [0.3, 0.4) is 0 Å². The standard InChI is InChI=1S/C24H15F9O/c25-15-5-12(11-3-1-2-4-11)6-16(26)21(15)13-7-17(27)22(18(28)8-13)24(32,33)34-14-9-19(29)23(31)20(30)10-14/h5-11H,1-4H2. The lowest BCUT2D eigenvalue weighted by Gasteiger charge is -2.20. The highest BCUT2D eigenvalue weighted by molar-refractivity contribution is 5.66. The van der Waals surface area contributed by atoms with Gasteiger partial charge in [-0.15, -0.1) is 0 Å². The van der Waals surface area contributed by atoms with Gasteiger partial charge in [0.05, 0.1) is 5.56 Å². The molecule has 3 aromatic carbocycles. The van der Waals surface area contributed by atoms with E-state index >= 15 is 0 Å². The third-order valence-electron chi connectivity index (χ3n) is 5.72. The lowest BCUT2D eigenvalue weighted by molar-refractivity contribution is -0.189. The maximum absolute atomic E-state index is 14.7. The minimum absolute atomic E-state index is 0.0501. The minimum atomic E-state index is -4.81. The molecule has 34 heavy (non-hydrogen) atoms. The van der Waals surface area contributed by atoms with Crippen molar-refractivity contribution < 1.29 is 44.3 Å². The third kappa shape index (κ3) is 4.45. The Morgan fingerprint density at radius 1 is 0.647 bits per heavy atom. The molecule has 0 aromatic heterocycles. The van der Waals surface area contributed by atoms with Gasteiger partial charge in [-0.2, -0.15) is 8.78 Å². The van der Waals surface area contributed by atoms with Crippen molar-refractivity contribution in [2.45, 2.75) is 37.7 Å². The summed E-state index contributed by atoms with van der Waals surface area (Å²) in [6.07, 6.45) is -1.52. The van der Waals surface area contributed by atoms with E-state index in [-0.39, 0.29) is 30.2 Å². The summed E-state index contributed by atoms with van der Waals surface area (Å²) in [4.78, 5) is 0.